The van der Waals surface area contributed by atoms with Crippen molar-refractivity contribution in [2.45, 2.75) is 43.2 Å². The number of nitrogens with one attached hydrogen (secondary N) is 1. The molecule has 1 N–H and O–H groups in total. The summed E-state index contributed by atoms with van der Waals surface area (Å²) in [7, 11) is 0. The first-order valence-electron chi connectivity index (χ1n) is 7.80. The van der Waals surface area contributed by atoms with Gasteiger partial charge in [0.15, 0.2) is 10.2 Å². The van der Waals surface area contributed by atoms with Gasteiger partial charge in [0.05, 0.1) is 5.25 Å². The first-order chi connectivity index (χ1) is 11.6. The number of nitrogens with zero attached hydrogens (tertiary/aromatic N) is 4. The Morgan fingerprint density at radius 1 is 1.33 bits per heavy atom. The second-order valence-electron chi connectivity index (χ2n) is 5.43. The largest absolute Gasteiger partial charge is 0.338 e. The Morgan fingerprint density at radius 2 is 2.21 bits per heavy atom. The van der Waals surface area contributed by atoms with Crippen LogP contribution in [-0.2, 0) is 6.42 Å². The maximum Gasteiger partial charge on any atom is 0.239 e. The van der Waals surface area contributed by atoms with Crippen LogP contribution in [0, 0.1) is 6.92 Å². The Bertz CT molecular complexity index is 801. The smallest absolute Gasteiger partial charge is 0.239 e. The molecule has 3 rings (SSSR count). The van der Waals surface area contributed by atoms with Gasteiger partial charge in [-0.1, -0.05) is 47.3 Å². The van der Waals surface area contributed by atoms with Gasteiger partial charge in [0.25, 0.3) is 0 Å². The van der Waals surface area contributed by atoms with Crippen molar-refractivity contribution < 1.29 is 4.52 Å². The van der Waals surface area contributed by atoms with Crippen molar-refractivity contribution in [2.24, 2.45) is 0 Å². The van der Waals surface area contributed by atoms with Gasteiger partial charge in [-0.25, -0.2) is 0 Å². The summed E-state index contributed by atoms with van der Waals surface area (Å²) in [6.07, 6.45) is 1.84. The summed E-state index contributed by atoms with van der Waals surface area (Å²) in [6, 6.07) is 8.16. The Hall–Kier alpha value is -1.93. The predicted molar refractivity (Wildman–Crippen MR) is 96.9 cm³/mol. The third-order valence-electron chi connectivity index (χ3n) is 3.26. The summed E-state index contributed by atoms with van der Waals surface area (Å²) in [5.41, 5.74) is 2.21. The van der Waals surface area contributed by atoms with Crippen molar-refractivity contribution in [1.29, 1.82) is 0 Å². The molecule has 3 aromatic rings. The average molecular weight is 361 g/mol. The number of benzene rings is 1. The van der Waals surface area contributed by atoms with Gasteiger partial charge in [-0.2, -0.15) is 4.98 Å². The van der Waals surface area contributed by atoms with Crippen LogP contribution in [0.4, 0.5) is 10.8 Å². The molecule has 0 saturated carbocycles. The quantitative estimate of drug-likeness (QED) is 0.607. The molecule has 24 heavy (non-hydrogen) atoms. The maximum absolute atomic E-state index is 5.33. The molecule has 6 nitrogen and oxygen atoms in total. The van der Waals surface area contributed by atoms with Gasteiger partial charge in [0.1, 0.15) is 0 Å². The number of thioether (sulfide) groups is 1. The minimum Gasteiger partial charge on any atom is -0.338 e. The molecule has 1 atom stereocenters. The lowest BCUT2D eigenvalue weighted by Crippen LogP contribution is -1.90. The Morgan fingerprint density at radius 3 is 3.00 bits per heavy atom. The van der Waals surface area contributed by atoms with E-state index < -0.39 is 0 Å². The van der Waals surface area contributed by atoms with Crippen molar-refractivity contribution in [3.8, 4) is 0 Å². The van der Waals surface area contributed by atoms with Crippen LogP contribution in [0.3, 0.4) is 0 Å². The highest BCUT2D eigenvalue weighted by atomic mass is 32.2. The molecule has 0 saturated heterocycles. The highest BCUT2D eigenvalue weighted by Gasteiger charge is 2.18. The molecule has 126 valence electrons. The van der Waals surface area contributed by atoms with Crippen LogP contribution >= 0.6 is 23.1 Å². The zero-order valence-corrected chi connectivity index (χ0v) is 15.4. The van der Waals surface area contributed by atoms with Crippen molar-refractivity contribution in [3.63, 3.8) is 0 Å². The van der Waals surface area contributed by atoms with E-state index in [2.05, 4.69) is 51.6 Å². The lowest BCUT2D eigenvalue weighted by molar-refractivity contribution is 0.374. The fraction of sp³-hybridized carbons (Fsp3) is 0.375. The highest BCUT2D eigenvalue weighted by molar-refractivity contribution is 8.01. The van der Waals surface area contributed by atoms with Gasteiger partial charge in [-0.05, 0) is 38.0 Å². The average Bonchev–Trinajstić information content (AvgIpc) is 3.17. The SMILES string of the molecule is CCCc1noc(C(C)Sc2nnc(Nc3cccc(C)c3)s2)n1. The van der Waals surface area contributed by atoms with Crippen LogP contribution in [0.5, 0.6) is 0 Å². The molecule has 0 aliphatic rings. The summed E-state index contributed by atoms with van der Waals surface area (Å²) < 4.78 is 6.19. The fourth-order valence-electron chi connectivity index (χ4n) is 2.11. The first kappa shape index (κ1) is 16.9. The van der Waals surface area contributed by atoms with Crippen LogP contribution in [0.2, 0.25) is 0 Å². The first-order valence-corrected chi connectivity index (χ1v) is 9.50. The summed E-state index contributed by atoms with van der Waals surface area (Å²) >= 11 is 3.08. The fourth-order valence-corrected chi connectivity index (χ4v) is 4.06. The third kappa shape index (κ3) is 4.33. The van der Waals surface area contributed by atoms with Gasteiger partial charge in [0.2, 0.25) is 11.0 Å². The van der Waals surface area contributed by atoms with E-state index in [4.69, 9.17) is 4.52 Å². The second-order valence-corrected chi connectivity index (χ2v) is 7.99. The normalized spacial score (nSPS) is 12.3. The highest BCUT2D eigenvalue weighted by Crippen LogP contribution is 2.37. The molecule has 8 heteroatoms. The van der Waals surface area contributed by atoms with E-state index in [9.17, 15) is 0 Å². The summed E-state index contributed by atoms with van der Waals surface area (Å²) in [5, 5.41) is 16.5. The van der Waals surface area contributed by atoms with Crippen LogP contribution in [0.1, 0.15) is 42.8 Å². The van der Waals surface area contributed by atoms with Gasteiger partial charge >= 0.3 is 0 Å². The lowest BCUT2D eigenvalue weighted by atomic mass is 10.2. The van der Waals surface area contributed by atoms with Crippen LogP contribution in [0.15, 0.2) is 33.1 Å². The van der Waals surface area contributed by atoms with E-state index in [1.165, 1.54) is 16.9 Å². The third-order valence-corrected chi connectivity index (χ3v) is 5.27. The zero-order chi connectivity index (χ0) is 16.9. The molecule has 1 unspecified atom stereocenters. The molecule has 0 aliphatic carbocycles. The topological polar surface area (TPSA) is 76.7 Å². The second kappa shape index (κ2) is 7.76. The number of hydrogen-bond donors (Lipinski definition) is 1. The summed E-state index contributed by atoms with van der Waals surface area (Å²) in [6.45, 7) is 6.19. The maximum atomic E-state index is 5.33. The van der Waals surface area contributed by atoms with E-state index >= 15 is 0 Å². The van der Waals surface area contributed by atoms with Gasteiger partial charge in [-0.3, -0.25) is 0 Å². The van der Waals surface area contributed by atoms with Crippen molar-refractivity contribution in [2.75, 3.05) is 5.32 Å². The number of rotatable bonds is 7. The van der Waals surface area contributed by atoms with E-state index in [0.717, 1.165) is 33.8 Å². The Balaban J connectivity index is 1.62. The molecule has 0 aliphatic heterocycles. The van der Waals surface area contributed by atoms with Crippen molar-refractivity contribution in [1.82, 2.24) is 20.3 Å². The zero-order valence-electron chi connectivity index (χ0n) is 13.8. The summed E-state index contributed by atoms with van der Waals surface area (Å²) in [5.74, 6) is 1.39. The predicted octanol–water partition coefficient (Wildman–Crippen LogP) is 4.78. The van der Waals surface area contributed by atoms with Gasteiger partial charge in [0, 0.05) is 12.1 Å². The molecule has 2 aromatic heterocycles. The van der Waals surface area contributed by atoms with Crippen LogP contribution in [-0.4, -0.2) is 20.3 Å². The minimum atomic E-state index is 0.0443. The number of anilines is 2. The van der Waals surface area contributed by atoms with Crippen LogP contribution < -0.4 is 5.32 Å². The van der Waals surface area contributed by atoms with Crippen molar-refractivity contribution >= 4 is 33.9 Å². The van der Waals surface area contributed by atoms with E-state index in [-0.39, 0.29) is 5.25 Å². The van der Waals surface area contributed by atoms with E-state index in [1.54, 1.807) is 11.8 Å². The molecule has 0 amide bonds. The van der Waals surface area contributed by atoms with Crippen molar-refractivity contribution in [3.05, 3.63) is 41.5 Å². The Labute approximate surface area is 149 Å². The molecular formula is C16H19N5OS2. The summed E-state index contributed by atoms with van der Waals surface area (Å²) in [4.78, 5) is 4.42. The molecule has 2 heterocycles. The standard InChI is InChI=1S/C16H19N5OS2/c1-4-6-13-18-14(22-21-13)11(3)23-16-20-19-15(24-16)17-12-8-5-7-10(2)9-12/h5,7-9,11H,4,6H2,1-3H3,(H,17,19). The molecule has 0 spiro atoms. The molecule has 0 bridgehead atoms. The monoisotopic (exact) mass is 361 g/mol. The number of aryl methyl sites for hydroxylation is 2. The Kier molecular flexibility index (Phi) is 5.47. The molecule has 1 aromatic carbocycles. The minimum absolute atomic E-state index is 0.0443. The van der Waals surface area contributed by atoms with Crippen LogP contribution in [0.25, 0.3) is 0 Å². The molecule has 0 fully saturated rings. The van der Waals surface area contributed by atoms with Gasteiger partial charge < -0.3 is 9.84 Å². The molecular weight excluding hydrogens is 342 g/mol. The van der Waals surface area contributed by atoms with E-state index in [0.29, 0.717) is 5.89 Å². The number of aromatic nitrogens is 4. The van der Waals surface area contributed by atoms with Gasteiger partial charge in [-0.15, -0.1) is 10.2 Å². The lowest BCUT2D eigenvalue weighted by Gasteiger charge is -2.02. The number of hydrogen-bond acceptors (Lipinski definition) is 8. The molecule has 0 radical (unpaired) electrons. The van der Waals surface area contributed by atoms with E-state index in [1.807, 2.05) is 19.1 Å².